The van der Waals surface area contributed by atoms with Gasteiger partial charge in [0.15, 0.2) is 11.5 Å². The molecule has 0 unspecified atom stereocenters. The lowest BCUT2D eigenvalue weighted by molar-refractivity contribution is 0.0939. The fraction of sp³-hybridized carbons (Fsp3) is 0.200. The maximum Gasteiger partial charge on any atom is 0.255 e. The molecule has 0 saturated carbocycles. The lowest BCUT2D eigenvalue weighted by Crippen LogP contribution is -2.25. The summed E-state index contributed by atoms with van der Waals surface area (Å²) in [7, 11) is 0. The van der Waals surface area contributed by atoms with Crippen LogP contribution in [0.15, 0.2) is 48.8 Å². The molecule has 0 aliphatic carbocycles. The van der Waals surface area contributed by atoms with E-state index in [0.717, 1.165) is 0 Å². The number of ether oxygens (including phenoxy) is 2. The number of fused-ring (bicyclic) bond motifs is 1. The Balaban J connectivity index is 1.49. The fourth-order valence-electron chi connectivity index (χ4n) is 3.02. The van der Waals surface area contributed by atoms with E-state index in [9.17, 15) is 9.18 Å². The van der Waals surface area contributed by atoms with E-state index in [1.807, 2.05) is 0 Å². The van der Waals surface area contributed by atoms with Gasteiger partial charge in [-0.2, -0.15) is 0 Å². The third-order valence-corrected chi connectivity index (χ3v) is 4.36. The summed E-state index contributed by atoms with van der Waals surface area (Å²) >= 11 is 0. The van der Waals surface area contributed by atoms with E-state index in [1.165, 1.54) is 6.07 Å². The van der Waals surface area contributed by atoms with Gasteiger partial charge in [-0.05, 0) is 36.8 Å². The number of halogens is 1. The van der Waals surface area contributed by atoms with Crippen molar-refractivity contribution in [2.24, 2.45) is 0 Å². The number of aromatic nitrogens is 2. The highest BCUT2D eigenvalue weighted by molar-refractivity contribution is 5.97. The highest BCUT2D eigenvalue weighted by Gasteiger charge is 2.20. The second-order valence-corrected chi connectivity index (χ2v) is 6.14. The first-order chi connectivity index (χ1) is 13.1. The highest BCUT2D eigenvalue weighted by Crippen LogP contribution is 2.33. The Labute approximate surface area is 155 Å². The van der Waals surface area contributed by atoms with Crippen LogP contribution in [0.4, 0.5) is 4.39 Å². The van der Waals surface area contributed by atoms with Crippen molar-refractivity contribution in [1.29, 1.82) is 0 Å². The first-order valence-electron chi connectivity index (χ1n) is 8.59. The molecule has 4 rings (SSSR count). The van der Waals surface area contributed by atoms with E-state index in [2.05, 4.69) is 10.3 Å². The molecule has 0 fully saturated rings. The van der Waals surface area contributed by atoms with Crippen LogP contribution in [0.3, 0.4) is 0 Å². The van der Waals surface area contributed by atoms with Crippen molar-refractivity contribution < 1.29 is 18.7 Å². The Bertz CT molecular complexity index is 1000. The minimum absolute atomic E-state index is 0.198. The van der Waals surface area contributed by atoms with Crippen LogP contribution in [0.1, 0.15) is 21.7 Å². The second kappa shape index (κ2) is 7.11. The van der Waals surface area contributed by atoms with Crippen molar-refractivity contribution in [3.63, 3.8) is 0 Å². The summed E-state index contributed by atoms with van der Waals surface area (Å²) in [6.45, 7) is 2.86. The fourth-order valence-corrected chi connectivity index (χ4v) is 3.02. The molecule has 1 aromatic heterocycles. The lowest BCUT2D eigenvalue weighted by Gasteiger charge is -2.20. The summed E-state index contributed by atoms with van der Waals surface area (Å²) in [6.07, 6.45) is 3.32. The number of carbonyl (C=O) groups excluding carboxylic acids is 1. The predicted molar refractivity (Wildman–Crippen MR) is 96.9 cm³/mol. The number of benzene rings is 2. The van der Waals surface area contributed by atoms with Crippen molar-refractivity contribution in [1.82, 2.24) is 14.9 Å². The summed E-state index contributed by atoms with van der Waals surface area (Å²) in [5.41, 5.74) is 1.48. The van der Waals surface area contributed by atoms with Crippen LogP contribution in [0.5, 0.6) is 11.5 Å². The van der Waals surface area contributed by atoms with Crippen molar-refractivity contribution in [3.05, 3.63) is 71.6 Å². The van der Waals surface area contributed by atoms with E-state index in [1.54, 1.807) is 54.2 Å². The normalized spacial score (nSPS) is 12.7. The molecule has 1 amide bonds. The molecule has 0 saturated heterocycles. The summed E-state index contributed by atoms with van der Waals surface area (Å²) in [5.74, 6) is 1.02. The highest BCUT2D eigenvalue weighted by atomic mass is 19.1. The number of aryl methyl sites for hydroxylation is 1. The van der Waals surface area contributed by atoms with Crippen LogP contribution >= 0.6 is 0 Å². The molecule has 0 spiro atoms. The average molecular weight is 367 g/mol. The van der Waals surface area contributed by atoms with E-state index in [4.69, 9.17) is 9.47 Å². The molecule has 0 bridgehead atoms. The molecule has 7 heteroatoms. The quantitative estimate of drug-likeness (QED) is 0.770. The monoisotopic (exact) mass is 367 g/mol. The maximum absolute atomic E-state index is 14.5. The number of hydrogen-bond acceptors (Lipinski definition) is 4. The zero-order chi connectivity index (χ0) is 18.8. The largest absolute Gasteiger partial charge is 0.486 e. The molecule has 3 aromatic rings. The number of rotatable bonds is 4. The van der Waals surface area contributed by atoms with Gasteiger partial charge in [-0.3, -0.25) is 4.79 Å². The molecule has 1 aliphatic heterocycles. The molecule has 1 N–H and O–H groups in total. The van der Waals surface area contributed by atoms with Gasteiger partial charge in [0.2, 0.25) is 0 Å². The smallest absolute Gasteiger partial charge is 0.255 e. The maximum atomic E-state index is 14.5. The molecule has 2 aromatic carbocycles. The van der Waals surface area contributed by atoms with Gasteiger partial charge in [0.05, 0.1) is 11.3 Å². The van der Waals surface area contributed by atoms with E-state index in [-0.39, 0.29) is 18.3 Å². The Morgan fingerprint density at radius 2 is 2.11 bits per heavy atom. The molecular weight excluding hydrogens is 349 g/mol. The number of hydrogen-bond donors (Lipinski definition) is 1. The Kier molecular flexibility index (Phi) is 4.50. The molecule has 1 aliphatic rings. The number of para-hydroxylation sites is 1. The van der Waals surface area contributed by atoms with E-state index in [0.29, 0.717) is 47.4 Å². The SMILES string of the molecule is Cc1nccn1-c1ccc(CNC(=O)c2cccc3c2OCCO3)cc1F. The van der Waals surface area contributed by atoms with Gasteiger partial charge in [-0.1, -0.05) is 12.1 Å². The number of nitrogens with one attached hydrogen (secondary N) is 1. The van der Waals surface area contributed by atoms with Gasteiger partial charge in [0.25, 0.3) is 5.91 Å². The first kappa shape index (κ1) is 17.1. The van der Waals surface area contributed by atoms with Crippen LogP contribution in [0, 0.1) is 12.7 Å². The van der Waals surface area contributed by atoms with Gasteiger partial charge < -0.3 is 19.4 Å². The standard InChI is InChI=1S/C20H18FN3O3/c1-13-22-7-8-24(13)17-6-5-14(11-16(17)21)12-23-20(25)15-3-2-4-18-19(15)27-10-9-26-18/h2-8,11H,9-10,12H2,1H3,(H,23,25). The number of imidazole rings is 1. The Hall–Kier alpha value is -3.35. The first-order valence-corrected chi connectivity index (χ1v) is 8.59. The van der Waals surface area contributed by atoms with Crippen LogP contribution in [-0.2, 0) is 6.54 Å². The summed E-state index contributed by atoms with van der Waals surface area (Å²) in [4.78, 5) is 16.6. The minimum atomic E-state index is -0.378. The van der Waals surface area contributed by atoms with E-state index >= 15 is 0 Å². The second-order valence-electron chi connectivity index (χ2n) is 6.14. The lowest BCUT2D eigenvalue weighted by atomic mass is 10.1. The average Bonchev–Trinajstić information content (AvgIpc) is 3.11. The van der Waals surface area contributed by atoms with Gasteiger partial charge in [-0.25, -0.2) is 9.37 Å². The van der Waals surface area contributed by atoms with Crippen molar-refractivity contribution in [2.75, 3.05) is 13.2 Å². The van der Waals surface area contributed by atoms with Crippen LogP contribution in [-0.4, -0.2) is 28.7 Å². The summed E-state index contributed by atoms with van der Waals surface area (Å²) in [5, 5.41) is 2.80. The minimum Gasteiger partial charge on any atom is -0.486 e. The molecule has 0 atom stereocenters. The van der Waals surface area contributed by atoms with Gasteiger partial charge in [0, 0.05) is 18.9 Å². The predicted octanol–water partition coefficient (Wildman–Crippen LogP) is 3.02. The number of nitrogens with zero attached hydrogens (tertiary/aromatic N) is 2. The van der Waals surface area contributed by atoms with Crippen LogP contribution in [0.2, 0.25) is 0 Å². The molecule has 0 radical (unpaired) electrons. The molecule has 6 nitrogen and oxygen atoms in total. The molecule has 2 heterocycles. The molecular formula is C20H18FN3O3. The van der Waals surface area contributed by atoms with Crippen molar-refractivity contribution >= 4 is 5.91 Å². The summed E-state index contributed by atoms with van der Waals surface area (Å²) in [6, 6.07) is 10.0. The van der Waals surface area contributed by atoms with Crippen molar-refractivity contribution in [2.45, 2.75) is 13.5 Å². The summed E-state index contributed by atoms with van der Waals surface area (Å²) < 4.78 is 27.2. The van der Waals surface area contributed by atoms with Crippen LogP contribution in [0.25, 0.3) is 5.69 Å². The number of carbonyl (C=O) groups is 1. The van der Waals surface area contributed by atoms with Crippen molar-refractivity contribution in [3.8, 4) is 17.2 Å². The van der Waals surface area contributed by atoms with Gasteiger partial charge in [-0.15, -0.1) is 0 Å². The number of amides is 1. The van der Waals surface area contributed by atoms with E-state index < -0.39 is 0 Å². The molecule has 27 heavy (non-hydrogen) atoms. The zero-order valence-electron chi connectivity index (χ0n) is 14.7. The van der Waals surface area contributed by atoms with Crippen LogP contribution < -0.4 is 14.8 Å². The third kappa shape index (κ3) is 3.36. The topological polar surface area (TPSA) is 65.4 Å². The zero-order valence-corrected chi connectivity index (χ0v) is 14.7. The Morgan fingerprint density at radius 1 is 1.26 bits per heavy atom. The Morgan fingerprint density at radius 3 is 2.89 bits per heavy atom. The third-order valence-electron chi connectivity index (χ3n) is 4.36. The molecule has 138 valence electrons. The van der Waals surface area contributed by atoms with Gasteiger partial charge >= 0.3 is 0 Å². The van der Waals surface area contributed by atoms with Gasteiger partial charge in [0.1, 0.15) is 24.9 Å².